The molecule has 0 saturated carbocycles. The smallest absolute Gasteiger partial charge is 0.313 e. The van der Waals surface area contributed by atoms with Gasteiger partial charge in [0.25, 0.3) is 5.91 Å². The van der Waals surface area contributed by atoms with Gasteiger partial charge in [-0.2, -0.15) is 0 Å². The number of hydrogen-bond donors (Lipinski definition) is 2. The minimum atomic E-state index is -0.624. The summed E-state index contributed by atoms with van der Waals surface area (Å²) in [6.07, 6.45) is 5.04. The van der Waals surface area contributed by atoms with Crippen LogP contribution >= 0.6 is 11.6 Å². The van der Waals surface area contributed by atoms with E-state index in [1.165, 1.54) is 37.4 Å². The Morgan fingerprint density at radius 1 is 1.17 bits per heavy atom. The van der Waals surface area contributed by atoms with Crippen LogP contribution in [0.3, 0.4) is 0 Å². The van der Waals surface area contributed by atoms with Gasteiger partial charge in [-0.25, -0.2) is 0 Å². The lowest BCUT2D eigenvalue weighted by Crippen LogP contribution is -2.37. The molecule has 2 amide bonds. The second-order valence-electron chi connectivity index (χ2n) is 5.50. The fourth-order valence-corrected chi connectivity index (χ4v) is 2.37. The number of carbonyl (C=O) groups is 2. The average molecular weight is 418 g/mol. The number of methoxy groups -OCH3 is 1. The van der Waals surface area contributed by atoms with Crippen LogP contribution in [-0.2, 0) is 4.79 Å². The van der Waals surface area contributed by atoms with E-state index in [0.717, 1.165) is 6.07 Å². The Kier molecular flexibility index (Phi) is 7.40. The molecule has 0 aliphatic heterocycles. The van der Waals surface area contributed by atoms with Crippen LogP contribution in [0.4, 0.5) is 5.69 Å². The molecule has 0 saturated heterocycles. The number of rotatable bonds is 8. The monoisotopic (exact) mass is 417 g/mol. The third-order valence-electron chi connectivity index (χ3n) is 3.56. The number of terminal acetylenes is 1. The molecule has 0 heterocycles. The average Bonchev–Trinajstić information content (AvgIpc) is 2.71. The Labute approximate surface area is 171 Å². The molecule has 2 N–H and O–H groups in total. The summed E-state index contributed by atoms with van der Waals surface area (Å²) in [5.74, 6) is 1.57. The third kappa shape index (κ3) is 5.85. The number of nitrogens with zero attached hydrogens (tertiary/aromatic N) is 1. The number of nitro groups is 1. The maximum Gasteiger partial charge on any atom is 0.313 e. The van der Waals surface area contributed by atoms with E-state index in [4.69, 9.17) is 27.5 Å². The van der Waals surface area contributed by atoms with Crippen LogP contribution < -0.4 is 20.1 Å². The zero-order valence-corrected chi connectivity index (χ0v) is 16.0. The Morgan fingerprint density at radius 3 is 2.55 bits per heavy atom. The summed E-state index contributed by atoms with van der Waals surface area (Å²) in [4.78, 5) is 34.3. The fourth-order valence-electron chi connectivity index (χ4n) is 2.21. The zero-order valence-electron chi connectivity index (χ0n) is 15.2. The molecule has 0 bridgehead atoms. The lowest BCUT2D eigenvalue weighted by molar-refractivity contribution is -0.385. The molecular weight excluding hydrogens is 402 g/mol. The number of benzene rings is 2. The predicted octanol–water partition coefficient (Wildman–Crippen LogP) is 2.53. The summed E-state index contributed by atoms with van der Waals surface area (Å²) in [6, 6.07) is 8.19. The van der Waals surface area contributed by atoms with Crippen molar-refractivity contribution in [2.75, 3.05) is 20.2 Å². The highest BCUT2D eigenvalue weighted by atomic mass is 35.5. The number of nitrogens with one attached hydrogen (secondary N) is 2. The first-order valence-corrected chi connectivity index (χ1v) is 8.51. The van der Waals surface area contributed by atoms with Gasteiger partial charge >= 0.3 is 5.69 Å². The molecule has 2 rings (SSSR count). The van der Waals surface area contributed by atoms with Crippen molar-refractivity contribution in [1.29, 1.82) is 0 Å². The molecule has 9 nitrogen and oxygen atoms in total. The first-order valence-electron chi connectivity index (χ1n) is 8.14. The number of carbonyl (C=O) groups excluding carboxylic acids is 2. The normalized spacial score (nSPS) is 9.83. The van der Waals surface area contributed by atoms with Gasteiger partial charge in [-0.15, -0.1) is 6.42 Å². The first-order chi connectivity index (χ1) is 13.8. The van der Waals surface area contributed by atoms with Gasteiger partial charge in [-0.05, 0) is 30.3 Å². The summed E-state index contributed by atoms with van der Waals surface area (Å²) in [7, 11) is 1.35. The number of halogens is 1. The van der Waals surface area contributed by atoms with Crippen molar-refractivity contribution in [3.05, 3.63) is 57.1 Å². The van der Waals surface area contributed by atoms with E-state index in [0.29, 0.717) is 0 Å². The van der Waals surface area contributed by atoms with Crippen molar-refractivity contribution in [2.24, 2.45) is 0 Å². The van der Waals surface area contributed by atoms with Crippen LogP contribution in [-0.4, -0.2) is 36.9 Å². The number of hydrogen-bond acceptors (Lipinski definition) is 6. The van der Waals surface area contributed by atoms with Gasteiger partial charge in [0.15, 0.2) is 11.5 Å². The maximum atomic E-state index is 12.2. The van der Waals surface area contributed by atoms with E-state index in [1.54, 1.807) is 0 Å². The quantitative estimate of drug-likeness (QED) is 0.387. The molecule has 0 aliphatic rings. The topological polar surface area (TPSA) is 120 Å². The lowest BCUT2D eigenvalue weighted by atomic mass is 10.2. The number of ether oxygens (including phenoxy) is 2. The van der Waals surface area contributed by atoms with Crippen molar-refractivity contribution in [1.82, 2.24) is 10.6 Å². The largest absolute Gasteiger partial charge is 0.493 e. The van der Waals surface area contributed by atoms with Crippen molar-refractivity contribution >= 4 is 29.1 Å². The molecule has 0 radical (unpaired) electrons. The van der Waals surface area contributed by atoms with Crippen molar-refractivity contribution in [2.45, 2.75) is 0 Å². The van der Waals surface area contributed by atoms with E-state index in [1.807, 2.05) is 0 Å². The molecule has 29 heavy (non-hydrogen) atoms. The second-order valence-corrected chi connectivity index (χ2v) is 5.94. The van der Waals surface area contributed by atoms with Gasteiger partial charge in [-0.3, -0.25) is 19.7 Å². The van der Waals surface area contributed by atoms with Gasteiger partial charge < -0.3 is 20.1 Å². The highest BCUT2D eigenvalue weighted by Gasteiger charge is 2.19. The minimum absolute atomic E-state index is 0.0416. The van der Waals surface area contributed by atoms with E-state index >= 15 is 0 Å². The second kappa shape index (κ2) is 9.96. The molecule has 0 fully saturated rings. The zero-order chi connectivity index (χ0) is 21.4. The van der Waals surface area contributed by atoms with Crippen molar-refractivity contribution < 1.29 is 24.0 Å². The van der Waals surface area contributed by atoms with Gasteiger partial charge in [0.1, 0.15) is 0 Å². The van der Waals surface area contributed by atoms with Gasteiger partial charge in [0.05, 0.1) is 25.1 Å². The van der Waals surface area contributed by atoms with Crippen LogP contribution in [0.1, 0.15) is 10.4 Å². The van der Waals surface area contributed by atoms with Crippen LogP contribution in [0.25, 0.3) is 0 Å². The number of amides is 2. The van der Waals surface area contributed by atoms with Crippen LogP contribution in [0, 0.1) is 22.5 Å². The molecule has 0 spiro atoms. The molecule has 0 unspecified atom stereocenters. The summed E-state index contributed by atoms with van der Waals surface area (Å²) in [5, 5.41) is 16.2. The number of nitro benzene ring substituents is 1. The summed E-state index contributed by atoms with van der Waals surface area (Å²) in [6.45, 7) is -0.191. The lowest BCUT2D eigenvalue weighted by Gasteiger charge is -2.12. The molecule has 2 aromatic carbocycles. The standard InChI is InChI=1S/C19H16ClN3O6/c1-3-8-21-18(24)11-22-19(25)12-4-6-16(17(9-12)28-2)29-15-7-5-13(20)10-14(15)23(26)27/h1,4-7,9-10H,8,11H2,2H3,(H,21,24)(H,22,25). The Bertz CT molecular complexity index is 986. The first kappa shape index (κ1) is 21.5. The van der Waals surface area contributed by atoms with Gasteiger partial charge in [0.2, 0.25) is 11.7 Å². The van der Waals surface area contributed by atoms with Gasteiger partial charge in [-0.1, -0.05) is 17.5 Å². The molecule has 150 valence electrons. The minimum Gasteiger partial charge on any atom is -0.493 e. The van der Waals surface area contributed by atoms with Crippen LogP contribution in [0.15, 0.2) is 36.4 Å². The Balaban J connectivity index is 2.17. The Morgan fingerprint density at radius 2 is 1.90 bits per heavy atom. The van der Waals surface area contributed by atoms with E-state index in [2.05, 4.69) is 16.6 Å². The summed E-state index contributed by atoms with van der Waals surface area (Å²) < 4.78 is 10.8. The SMILES string of the molecule is C#CCNC(=O)CNC(=O)c1ccc(Oc2ccc(Cl)cc2[N+](=O)[O-])c(OC)c1. The van der Waals surface area contributed by atoms with Crippen LogP contribution in [0.2, 0.25) is 5.02 Å². The Hall–Kier alpha value is -3.77. The van der Waals surface area contributed by atoms with E-state index in [9.17, 15) is 19.7 Å². The maximum absolute atomic E-state index is 12.2. The van der Waals surface area contributed by atoms with Crippen molar-refractivity contribution in [3.8, 4) is 29.6 Å². The molecular formula is C19H16ClN3O6. The third-order valence-corrected chi connectivity index (χ3v) is 3.80. The molecule has 10 heteroatoms. The fraction of sp³-hybridized carbons (Fsp3) is 0.158. The van der Waals surface area contributed by atoms with E-state index in [-0.39, 0.29) is 46.6 Å². The predicted molar refractivity (Wildman–Crippen MR) is 105 cm³/mol. The summed E-state index contributed by atoms with van der Waals surface area (Å²) in [5.41, 5.74) is -0.121. The van der Waals surface area contributed by atoms with Gasteiger partial charge in [0, 0.05) is 16.7 Å². The van der Waals surface area contributed by atoms with Crippen LogP contribution in [0.5, 0.6) is 17.2 Å². The molecule has 0 aromatic heterocycles. The van der Waals surface area contributed by atoms with Crippen molar-refractivity contribution in [3.63, 3.8) is 0 Å². The summed E-state index contributed by atoms with van der Waals surface area (Å²) >= 11 is 5.79. The highest BCUT2D eigenvalue weighted by molar-refractivity contribution is 6.30. The highest BCUT2D eigenvalue weighted by Crippen LogP contribution is 2.37. The molecule has 0 atom stereocenters. The van der Waals surface area contributed by atoms with E-state index < -0.39 is 16.7 Å². The molecule has 2 aromatic rings. The molecule has 0 aliphatic carbocycles.